The first-order valence-corrected chi connectivity index (χ1v) is 10.6. The van der Waals surface area contributed by atoms with Crippen molar-refractivity contribution in [2.45, 2.75) is 31.8 Å². The molecule has 0 saturated carbocycles. The second-order valence-electron chi connectivity index (χ2n) is 7.07. The summed E-state index contributed by atoms with van der Waals surface area (Å²) in [6, 6.07) is 10.6. The molecule has 7 nitrogen and oxygen atoms in total. The average molecular weight is 410 g/mol. The fraction of sp³-hybridized carbons (Fsp3) is 0.286. The molecule has 29 heavy (non-hydrogen) atoms. The number of thiophene rings is 1. The second-order valence-corrected chi connectivity index (χ2v) is 7.85. The predicted octanol–water partition coefficient (Wildman–Crippen LogP) is 4.51. The Morgan fingerprint density at radius 3 is 2.76 bits per heavy atom. The lowest BCUT2D eigenvalue weighted by Gasteiger charge is -2.24. The molecule has 0 bridgehead atoms. The maximum Gasteiger partial charge on any atom is 0.322 e. The standard InChI is InChI=1S/C21H23N5O2S/c1-15(26-11-4-9-22-26)20(27)23-17-5-2-6-18(13-17)24-21(28)25-10-3-7-19(25)16-8-12-29-14-16/h2,4-6,8-9,11-15,19H,3,7,10H2,1H3,(H,23,27)(H,24,28)/t15-,19+/m0/s1. The van der Waals surface area contributed by atoms with Gasteiger partial charge in [-0.25, -0.2) is 4.79 Å². The summed E-state index contributed by atoms with van der Waals surface area (Å²) in [7, 11) is 0. The van der Waals surface area contributed by atoms with E-state index in [1.165, 1.54) is 5.56 Å². The Hall–Kier alpha value is -3.13. The Morgan fingerprint density at radius 2 is 2.03 bits per heavy atom. The van der Waals surface area contributed by atoms with Crippen molar-refractivity contribution < 1.29 is 9.59 Å². The SMILES string of the molecule is C[C@@H](C(=O)Nc1cccc(NC(=O)N2CCC[C@@H]2c2ccsc2)c1)n1cccn1. The first-order chi connectivity index (χ1) is 14.1. The molecule has 3 aromatic rings. The Bertz CT molecular complexity index is 971. The maximum absolute atomic E-state index is 12.8. The first kappa shape index (κ1) is 19.2. The van der Waals surface area contributed by atoms with Crippen molar-refractivity contribution in [3.05, 3.63) is 65.1 Å². The van der Waals surface area contributed by atoms with E-state index >= 15 is 0 Å². The van der Waals surface area contributed by atoms with Crippen LogP contribution in [0.25, 0.3) is 0 Å². The van der Waals surface area contributed by atoms with Gasteiger partial charge in [0.15, 0.2) is 0 Å². The van der Waals surface area contributed by atoms with Gasteiger partial charge in [0, 0.05) is 30.3 Å². The molecular weight excluding hydrogens is 386 g/mol. The number of benzene rings is 1. The third-order valence-electron chi connectivity index (χ3n) is 5.12. The van der Waals surface area contributed by atoms with Crippen molar-refractivity contribution >= 4 is 34.6 Å². The van der Waals surface area contributed by atoms with Crippen LogP contribution in [-0.4, -0.2) is 33.2 Å². The number of carbonyl (C=O) groups is 2. The van der Waals surface area contributed by atoms with Gasteiger partial charge in [-0.2, -0.15) is 16.4 Å². The van der Waals surface area contributed by atoms with Crippen LogP contribution in [0.5, 0.6) is 0 Å². The van der Waals surface area contributed by atoms with Crippen LogP contribution in [0.2, 0.25) is 0 Å². The van der Waals surface area contributed by atoms with Gasteiger partial charge in [0.2, 0.25) is 5.91 Å². The number of amides is 3. The molecule has 0 radical (unpaired) electrons. The van der Waals surface area contributed by atoms with E-state index in [0.29, 0.717) is 11.4 Å². The molecule has 2 aromatic heterocycles. The van der Waals surface area contributed by atoms with Crippen LogP contribution in [0.4, 0.5) is 16.2 Å². The van der Waals surface area contributed by atoms with Gasteiger partial charge < -0.3 is 15.5 Å². The van der Waals surface area contributed by atoms with Crippen LogP contribution in [-0.2, 0) is 4.79 Å². The number of hydrogen-bond donors (Lipinski definition) is 2. The van der Waals surface area contributed by atoms with Gasteiger partial charge in [0.1, 0.15) is 6.04 Å². The van der Waals surface area contributed by atoms with Crippen LogP contribution in [0.1, 0.15) is 37.4 Å². The van der Waals surface area contributed by atoms with Crippen LogP contribution >= 0.6 is 11.3 Å². The molecule has 3 amide bonds. The van der Waals surface area contributed by atoms with Crippen molar-refractivity contribution in [3.63, 3.8) is 0 Å². The largest absolute Gasteiger partial charge is 0.324 e. The van der Waals surface area contributed by atoms with Gasteiger partial charge in [-0.15, -0.1) is 0 Å². The summed E-state index contributed by atoms with van der Waals surface area (Å²) in [5.41, 5.74) is 2.47. The number of anilines is 2. The molecule has 2 atom stereocenters. The normalized spacial score (nSPS) is 17.1. The lowest BCUT2D eigenvalue weighted by Crippen LogP contribution is -2.34. The molecule has 0 aliphatic carbocycles. The van der Waals surface area contributed by atoms with Gasteiger partial charge >= 0.3 is 6.03 Å². The van der Waals surface area contributed by atoms with E-state index in [1.54, 1.807) is 53.5 Å². The molecular formula is C21H23N5O2S. The molecule has 8 heteroatoms. The van der Waals surface area contributed by atoms with Gasteiger partial charge in [0.05, 0.1) is 6.04 Å². The van der Waals surface area contributed by atoms with Crippen LogP contribution in [0.15, 0.2) is 59.6 Å². The molecule has 1 aliphatic heterocycles. The van der Waals surface area contributed by atoms with E-state index in [1.807, 2.05) is 22.4 Å². The Morgan fingerprint density at radius 1 is 1.21 bits per heavy atom. The van der Waals surface area contributed by atoms with E-state index in [2.05, 4.69) is 27.2 Å². The molecule has 1 fully saturated rings. The quantitative estimate of drug-likeness (QED) is 0.651. The zero-order valence-corrected chi connectivity index (χ0v) is 16.9. The summed E-state index contributed by atoms with van der Waals surface area (Å²) in [6.45, 7) is 2.52. The zero-order valence-electron chi connectivity index (χ0n) is 16.1. The van der Waals surface area contributed by atoms with E-state index in [4.69, 9.17) is 0 Å². The number of aromatic nitrogens is 2. The minimum Gasteiger partial charge on any atom is -0.324 e. The number of likely N-dealkylation sites (tertiary alicyclic amines) is 1. The lowest BCUT2D eigenvalue weighted by molar-refractivity contribution is -0.119. The van der Waals surface area contributed by atoms with Gasteiger partial charge in [-0.3, -0.25) is 9.48 Å². The van der Waals surface area contributed by atoms with Crippen LogP contribution in [0, 0.1) is 0 Å². The van der Waals surface area contributed by atoms with Gasteiger partial charge in [0.25, 0.3) is 0 Å². The van der Waals surface area contributed by atoms with Crippen molar-refractivity contribution in [1.29, 1.82) is 0 Å². The summed E-state index contributed by atoms with van der Waals surface area (Å²) in [5.74, 6) is -0.172. The summed E-state index contributed by atoms with van der Waals surface area (Å²) >= 11 is 1.65. The number of nitrogens with one attached hydrogen (secondary N) is 2. The zero-order chi connectivity index (χ0) is 20.2. The van der Waals surface area contributed by atoms with Crippen LogP contribution < -0.4 is 10.6 Å². The molecule has 0 spiro atoms. The minimum atomic E-state index is -0.431. The Kier molecular flexibility index (Phi) is 5.62. The summed E-state index contributed by atoms with van der Waals surface area (Å²) in [4.78, 5) is 27.2. The van der Waals surface area contributed by atoms with Gasteiger partial charge in [-0.05, 0) is 66.4 Å². The Labute approximate surface area is 173 Å². The minimum absolute atomic E-state index is 0.118. The average Bonchev–Trinajstić information content (AvgIpc) is 3.49. The number of nitrogens with zero attached hydrogens (tertiary/aromatic N) is 3. The molecule has 150 valence electrons. The third kappa shape index (κ3) is 4.32. The highest BCUT2D eigenvalue weighted by molar-refractivity contribution is 7.08. The van der Waals surface area contributed by atoms with E-state index < -0.39 is 6.04 Å². The molecule has 0 unspecified atom stereocenters. The maximum atomic E-state index is 12.8. The third-order valence-corrected chi connectivity index (χ3v) is 5.83. The van der Waals surface area contributed by atoms with Crippen molar-refractivity contribution in [3.8, 4) is 0 Å². The van der Waals surface area contributed by atoms with Gasteiger partial charge in [-0.1, -0.05) is 6.07 Å². The molecule has 2 N–H and O–H groups in total. The summed E-state index contributed by atoms with van der Waals surface area (Å²) in [5, 5.41) is 14.1. The highest BCUT2D eigenvalue weighted by Crippen LogP contribution is 2.33. The fourth-order valence-corrected chi connectivity index (χ4v) is 4.27. The number of rotatable bonds is 5. The number of hydrogen-bond acceptors (Lipinski definition) is 4. The highest BCUT2D eigenvalue weighted by atomic mass is 32.1. The predicted molar refractivity (Wildman–Crippen MR) is 114 cm³/mol. The van der Waals surface area contributed by atoms with Crippen LogP contribution in [0.3, 0.4) is 0 Å². The molecule has 3 heterocycles. The smallest absolute Gasteiger partial charge is 0.322 e. The lowest BCUT2D eigenvalue weighted by atomic mass is 10.1. The van der Waals surface area contributed by atoms with Crippen molar-refractivity contribution in [2.75, 3.05) is 17.2 Å². The molecule has 1 aromatic carbocycles. The van der Waals surface area contributed by atoms with E-state index in [9.17, 15) is 9.59 Å². The van der Waals surface area contributed by atoms with Crippen molar-refractivity contribution in [2.24, 2.45) is 0 Å². The second kappa shape index (κ2) is 8.48. The van der Waals surface area contributed by atoms with Crippen molar-refractivity contribution in [1.82, 2.24) is 14.7 Å². The summed E-state index contributed by atoms with van der Waals surface area (Å²) in [6.07, 6.45) is 5.36. The molecule has 1 aliphatic rings. The molecule has 1 saturated heterocycles. The Balaban J connectivity index is 1.41. The number of urea groups is 1. The monoisotopic (exact) mass is 409 g/mol. The number of carbonyl (C=O) groups excluding carboxylic acids is 2. The van der Waals surface area contributed by atoms with E-state index in [0.717, 1.165) is 19.4 Å². The fourth-order valence-electron chi connectivity index (χ4n) is 3.57. The van der Waals surface area contributed by atoms with E-state index in [-0.39, 0.29) is 18.0 Å². The molecule has 4 rings (SSSR count). The highest BCUT2D eigenvalue weighted by Gasteiger charge is 2.30. The topological polar surface area (TPSA) is 79.3 Å². The first-order valence-electron chi connectivity index (χ1n) is 9.61. The summed E-state index contributed by atoms with van der Waals surface area (Å²) < 4.78 is 1.60.